The molecule has 2 aromatic carbocycles. The molecule has 0 saturated carbocycles. The number of hydrogen-bond donors (Lipinski definition) is 2. The molecule has 0 radical (unpaired) electrons. The molecule has 5 heteroatoms. The van der Waals surface area contributed by atoms with Crippen molar-refractivity contribution in [2.45, 2.75) is 19.3 Å². The van der Waals surface area contributed by atoms with Gasteiger partial charge in [-0.25, -0.2) is 0 Å². The fraction of sp³-hybridized carbons (Fsp3) is 0.455. The normalized spacial score (nSPS) is 22.3. The first-order valence-electron chi connectivity index (χ1n) is 9.96. The quantitative estimate of drug-likeness (QED) is 0.875. The van der Waals surface area contributed by atoms with Crippen LogP contribution in [0.15, 0.2) is 42.5 Å². The Kier molecular flexibility index (Phi) is 5.39. The number of fused-ring (bicyclic) bond motifs is 2. The first kappa shape index (κ1) is 18.0. The topological polar surface area (TPSA) is 61.4 Å². The van der Waals surface area contributed by atoms with E-state index in [1.165, 1.54) is 0 Å². The summed E-state index contributed by atoms with van der Waals surface area (Å²) in [6, 6.07) is 13.7. The first-order valence-corrected chi connectivity index (χ1v) is 9.96. The number of likely N-dealkylation sites (tertiary alicyclic amines) is 1. The van der Waals surface area contributed by atoms with E-state index >= 15 is 0 Å². The van der Waals surface area contributed by atoms with Crippen molar-refractivity contribution >= 4 is 22.6 Å². The Morgan fingerprint density at radius 1 is 1.00 bits per heavy atom. The maximum atomic E-state index is 12.5. The fourth-order valence-corrected chi connectivity index (χ4v) is 4.34. The standard InChI is InChI=1S/C22H27N3O2/c26-21(25-11-8-19-14-23-15-20(19)9-12-25)7-10-24-22(27)18-6-5-16-3-1-2-4-17(16)13-18/h1-6,13,19-20,23H,7-12,14-15H2,(H,24,27)/t19-,20+. The highest BCUT2D eigenvalue weighted by molar-refractivity contribution is 5.98. The summed E-state index contributed by atoms with van der Waals surface area (Å²) in [5, 5.41) is 8.51. The zero-order chi connectivity index (χ0) is 18.6. The molecule has 4 rings (SSSR count). The lowest BCUT2D eigenvalue weighted by Gasteiger charge is -2.21. The van der Waals surface area contributed by atoms with Crippen molar-refractivity contribution in [3.8, 4) is 0 Å². The van der Waals surface area contributed by atoms with E-state index in [0.717, 1.165) is 61.6 Å². The predicted molar refractivity (Wildman–Crippen MR) is 107 cm³/mol. The Morgan fingerprint density at radius 2 is 1.70 bits per heavy atom. The van der Waals surface area contributed by atoms with Gasteiger partial charge in [0, 0.05) is 31.6 Å². The SMILES string of the molecule is O=C(NCCC(=O)N1CC[C@@H]2CNC[C@@H]2CC1)c1ccc2ccccc2c1. The minimum Gasteiger partial charge on any atom is -0.352 e. The molecule has 2 aromatic rings. The van der Waals surface area contributed by atoms with Crippen LogP contribution in [0.1, 0.15) is 29.6 Å². The van der Waals surface area contributed by atoms with Crippen molar-refractivity contribution in [1.82, 2.24) is 15.5 Å². The first-order chi connectivity index (χ1) is 13.2. The van der Waals surface area contributed by atoms with Crippen LogP contribution in [-0.4, -0.2) is 49.4 Å². The second-order valence-corrected chi connectivity index (χ2v) is 7.70. The molecule has 2 heterocycles. The zero-order valence-electron chi connectivity index (χ0n) is 15.6. The van der Waals surface area contributed by atoms with Gasteiger partial charge in [-0.05, 0) is 60.7 Å². The molecule has 0 aliphatic carbocycles. The minimum absolute atomic E-state index is 0.120. The molecule has 0 bridgehead atoms. The van der Waals surface area contributed by atoms with Gasteiger partial charge in [0.05, 0.1) is 0 Å². The second-order valence-electron chi connectivity index (χ2n) is 7.70. The molecule has 5 nitrogen and oxygen atoms in total. The van der Waals surface area contributed by atoms with E-state index in [4.69, 9.17) is 0 Å². The summed E-state index contributed by atoms with van der Waals surface area (Å²) in [6.07, 6.45) is 2.55. The number of carbonyl (C=O) groups excluding carboxylic acids is 2. The highest BCUT2D eigenvalue weighted by atomic mass is 16.2. The molecule has 2 amide bonds. The van der Waals surface area contributed by atoms with Gasteiger partial charge >= 0.3 is 0 Å². The molecular formula is C22H27N3O2. The van der Waals surface area contributed by atoms with Crippen molar-refractivity contribution in [3.05, 3.63) is 48.0 Å². The van der Waals surface area contributed by atoms with Crippen molar-refractivity contribution in [3.63, 3.8) is 0 Å². The summed E-state index contributed by atoms with van der Waals surface area (Å²) >= 11 is 0. The van der Waals surface area contributed by atoms with Crippen molar-refractivity contribution < 1.29 is 9.59 Å². The van der Waals surface area contributed by atoms with E-state index in [9.17, 15) is 9.59 Å². The van der Waals surface area contributed by atoms with Crippen LogP contribution in [0.5, 0.6) is 0 Å². The highest BCUT2D eigenvalue weighted by Gasteiger charge is 2.31. The summed E-state index contributed by atoms with van der Waals surface area (Å²) in [5.41, 5.74) is 0.635. The molecule has 142 valence electrons. The maximum absolute atomic E-state index is 12.5. The van der Waals surface area contributed by atoms with E-state index in [2.05, 4.69) is 10.6 Å². The van der Waals surface area contributed by atoms with Gasteiger partial charge in [0.1, 0.15) is 0 Å². The predicted octanol–water partition coefficient (Wildman–Crippen LogP) is 2.42. The number of amides is 2. The van der Waals surface area contributed by atoms with Crippen molar-refractivity contribution in [1.29, 1.82) is 0 Å². The fourth-order valence-electron chi connectivity index (χ4n) is 4.34. The number of hydrogen-bond acceptors (Lipinski definition) is 3. The Hall–Kier alpha value is -2.40. The molecule has 2 aliphatic heterocycles. The summed E-state index contributed by atoms with van der Waals surface area (Å²) < 4.78 is 0. The molecule has 2 N–H and O–H groups in total. The van der Waals surface area contributed by atoms with E-state index in [1.54, 1.807) is 0 Å². The lowest BCUT2D eigenvalue weighted by molar-refractivity contribution is -0.131. The summed E-state index contributed by atoms with van der Waals surface area (Å²) in [4.78, 5) is 26.9. The molecule has 2 atom stereocenters. The Labute approximate surface area is 160 Å². The minimum atomic E-state index is -0.120. The molecule has 2 saturated heterocycles. The third-order valence-electron chi connectivity index (χ3n) is 6.01. The van der Waals surface area contributed by atoms with E-state index in [0.29, 0.717) is 18.5 Å². The lowest BCUT2D eigenvalue weighted by Crippen LogP contribution is -2.35. The number of nitrogens with zero attached hydrogens (tertiary/aromatic N) is 1. The van der Waals surface area contributed by atoms with Crippen LogP contribution in [-0.2, 0) is 4.79 Å². The third-order valence-corrected chi connectivity index (χ3v) is 6.01. The van der Waals surface area contributed by atoms with Gasteiger partial charge in [-0.15, -0.1) is 0 Å². The average molecular weight is 365 g/mol. The van der Waals surface area contributed by atoms with E-state index < -0.39 is 0 Å². The van der Waals surface area contributed by atoms with Gasteiger partial charge in [0.15, 0.2) is 0 Å². The van der Waals surface area contributed by atoms with Crippen LogP contribution < -0.4 is 10.6 Å². The molecule has 0 aromatic heterocycles. The molecule has 0 unspecified atom stereocenters. The van der Waals surface area contributed by atoms with Crippen LogP contribution in [0, 0.1) is 11.8 Å². The third kappa shape index (κ3) is 4.14. The van der Waals surface area contributed by atoms with E-state index in [1.807, 2.05) is 47.4 Å². The molecule has 2 fully saturated rings. The van der Waals surface area contributed by atoms with Crippen molar-refractivity contribution in [2.24, 2.45) is 11.8 Å². The smallest absolute Gasteiger partial charge is 0.251 e. The van der Waals surface area contributed by atoms with Gasteiger partial charge in [0.25, 0.3) is 5.91 Å². The molecule has 2 aliphatic rings. The van der Waals surface area contributed by atoms with Crippen LogP contribution >= 0.6 is 0 Å². The molecule has 0 spiro atoms. The maximum Gasteiger partial charge on any atom is 0.251 e. The van der Waals surface area contributed by atoms with Gasteiger partial charge in [-0.1, -0.05) is 30.3 Å². The van der Waals surface area contributed by atoms with Gasteiger partial charge in [-0.2, -0.15) is 0 Å². The van der Waals surface area contributed by atoms with E-state index in [-0.39, 0.29) is 11.8 Å². The van der Waals surface area contributed by atoms with Gasteiger partial charge in [0.2, 0.25) is 5.91 Å². The average Bonchev–Trinajstić information content (AvgIpc) is 3.05. The summed E-state index contributed by atoms with van der Waals surface area (Å²) in [7, 11) is 0. The Bertz CT molecular complexity index is 821. The number of carbonyl (C=O) groups is 2. The largest absolute Gasteiger partial charge is 0.352 e. The summed E-state index contributed by atoms with van der Waals surface area (Å²) in [5.74, 6) is 1.47. The Balaban J connectivity index is 1.27. The van der Waals surface area contributed by atoms with Crippen LogP contribution in [0.25, 0.3) is 10.8 Å². The van der Waals surface area contributed by atoms with Crippen LogP contribution in [0.3, 0.4) is 0 Å². The monoisotopic (exact) mass is 365 g/mol. The number of benzene rings is 2. The van der Waals surface area contributed by atoms with Gasteiger partial charge in [-0.3, -0.25) is 9.59 Å². The van der Waals surface area contributed by atoms with Gasteiger partial charge < -0.3 is 15.5 Å². The molecule has 27 heavy (non-hydrogen) atoms. The second kappa shape index (κ2) is 8.09. The van der Waals surface area contributed by atoms with Crippen LogP contribution in [0.2, 0.25) is 0 Å². The number of nitrogens with one attached hydrogen (secondary N) is 2. The Morgan fingerprint density at radius 3 is 2.44 bits per heavy atom. The zero-order valence-corrected chi connectivity index (χ0v) is 15.6. The van der Waals surface area contributed by atoms with Crippen molar-refractivity contribution in [2.75, 3.05) is 32.7 Å². The highest BCUT2D eigenvalue weighted by Crippen LogP contribution is 2.27. The molecular weight excluding hydrogens is 338 g/mol. The summed E-state index contributed by atoms with van der Waals surface area (Å²) in [6.45, 7) is 4.26. The van der Waals surface area contributed by atoms with Crippen LogP contribution in [0.4, 0.5) is 0 Å². The number of rotatable bonds is 4. The lowest BCUT2D eigenvalue weighted by atomic mass is 9.92.